The zero-order chi connectivity index (χ0) is 23.3. The van der Waals surface area contributed by atoms with Gasteiger partial charge in [0.25, 0.3) is 11.8 Å². The number of hydrogen-bond acceptors (Lipinski definition) is 6. The van der Waals surface area contributed by atoms with Crippen LogP contribution in [-0.4, -0.2) is 45.8 Å². The van der Waals surface area contributed by atoms with Gasteiger partial charge in [0.1, 0.15) is 6.10 Å². The third-order valence-corrected chi connectivity index (χ3v) is 6.91. The Morgan fingerprint density at radius 2 is 1.78 bits per heavy atom. The minimum Gasteiger partial charge on any atom is -0.382 e. The van der Waals surface area contributed by atoms with Crippen LogP contribution >= 0.6 is 23.5 Å². The highest BCUT2D eigenvalue weighted by Crippen LogP contribution is 2.21. The number of amides is 2. The first-order valence-electron chi connectivity index (χ1n) is 10.8. The minimum absolute atomic E-state index is 0.436. The monoisotopic (exact) mass is 475 g/mol. The van der Waals surface area contributed by atoms with Crippen LogP contribution in [0.3, 0.4) is 0 Å². The second-order valence-corrected chi connectivity index (χ2v) is 10.6. The summed E-state index contributed by atoms with van der Waals surface area (Å²) in [5.74, 6) is 0.536. The highest BCUT2D eigenvalue weighted by atomic mass is 32.2. The van der Waals surface area contributed by atoms with E-state index in [0.29, 0.717) is 17.2 Å². The molecule has 0 spiro atoms. The Labute approximate surface area is 199 Å². The third-order valence-electron chi connectivity index (χ3n) is 4.69. The summed E-state index contributed by atoms with van der Waals surface area (Å²) in [5.41, 5.74) is 12.3. The summed E-state index contributed by atoms with van der Waals surface area (Å²) in [5, 5.41) is 10.5. The molecule has 2 amide bonds. The second-order valence-electron chi connectivity index (χ2n) is 7.73. The van der Waals surface area contributed by atoms with Gasteiger partial charge in [-0.1, -0.05) is 50.2 Å². The largest absolute Gasteiger partial charge is 0.382 e. The van der Waals surface area contributed by atoms with Gasteiger partial charge in [-0.25, -0.2) is 0 Å². The van der Waals surface area contributed by atoms with Crippen molar-refractivity contribution in [1.29, 1.82) is 0 Å². The van der Waals surface area contributed by atoms with Crippen LogP contribution in [0.4, 0.5) is 0 Å². The smallest absolute Gasteiger partial charge is 0.269 e. The van der Waals surface area contributed by atoms with Crippen molar-refractivity contribution in [2.75, 3.05) is 11.5 Å². The Bertz CT molecular complexity index is 849. The quantitative estimate of drug-likeness (QED) is 0.213. The van der Waals surface area contributed by atoms with Gasteiger partial charge in [0, 0.05) is 16.5 Å². The molecule has 2 aromatic rings. The Morgan fingerprint density at radius 3 is 2.50 bits per heavy atom. The Hall–Kier alpha value is -2.00. The molecule has 6 nitrogen and oxygen atoms in total. The molecule has 2 atom stereocenters. The number of carbonyl (C=O) groups excluding carboxylic acids is 2. The predicted octanol–water partition coefficient (Wildman–Crippen LogP) is 3.39. The molecule has 0 saturated heterocycles. The van der Waals surface area contributed by atoms with E-state index in [1.807, 2.05) is 30.3 Å². The van der Waals surface area contributed by atoms with Gasteiger partial charge in [-0.15, -0.1) is 11.8 Å². The first-order valence-corrected chi connectivity index (χ1v) is 12.8. The number of rotatable bonds is 12. The molecule has 5 N–H and O–H groups in total. The molecule has 0 fully saturated rings. The number of aryl methyl sites for hydroxylation is 1. The van der Waals surface area contributed by atoms with Crippen LogP contribution in [0.25, 0.3) is 0 Å². The van der Waals surface area contributed by atoms with Crippen molar-refractivity contribution >= 4 is 35.3 Å². The number of hydrazine groups is 1. The fourth-order valence-corrected chi connectivity index (χ4v) is 4.68. The minimum atomic E-state index is -1.38. The van der Waals surface area contributed by atoms with E-state index in [1.165, 1.54) is 5.56 Å². The van der Waals surface area contributed by atoms with E-state index >= 15 is 0 Å². The van der Waals surface area contributed by atoms with Gasteiger partial charge in [-0.05, 0) is 59.8 Å². The molecule has 0 aliphatic heterocycles. The van der Waals surface area contributed by atoms with Crippen LogP contribution in [0.1, 0.15) is 42.6 Å². The van der Waals surface area contributed by atoms with Crippen molar-refractivity contribution in [3.8, 4) is 0 Å². The first kappa shape index (κ1) is 26.3. The van der Waals surface area contributed by atoms with E-state index in [1.54, 1.807) is 35.7 Å². The van der Waals surface area contributed by atoms with Crippen molar-refractivity contribution in [3.63, 3.8) is 0 Å². The molecule has 0 heterocycles. The lowest BCUT2D eigenvalue weighted by Crippen LogP contribution is -2.52. The molecule has 0 aliphatic rings. The number of aliphatic hydroxyl groups excluding tert-OH is 1. The summed E-state index contributed by atoms with van der Waals surface area (Å²) in [4.78, 5) is 25.5. The van der Waals surface area contributed by atoms with E-state index in [2.05, 4.69) is 36.8 Å². The molecule has 0 aliphatic carbocycles. The maximum absolute atomic E-state index is 12.4. The van der Waals surface area contributed by atoms with Crippen molar-refractivity contribution in [2.45, 2.75) is 55.4 Å². The normalized spacial score (nSPS) is 12.9. The number of benzene rings is 2. The Kier molecular flexibility index (Phi) is 11.7. The number of aliphatic hydroxyl groups is 1. The Morgan fingerprint density at radius 1 is 1.03 bits per heavy atom. The molecular formula is C24H33N3O3S2. The number of nitrogens with one attached hydrogen (secondary N) is 2. The molecule has 8 heteroatoms. The summed E-state index contributed by atoms with van der Waals surface area (Å²) >= 11 is 3.40. The van der Waals surface area contributed by atoms with Crippen LogP contribution in [0.2, 0.25) is 0 Å². The molecule has 0 bridgehead atoms. The number of nitrogens with two attached hydrogens (primary N) is 1. The lowest BCUT2D eigenvalue weighted by molar-refractivity contribution is -0.131. The van der Waals surface area contributed by atoms with E-state index in [0.717, 1.165) is 29.2 Å². The van der Waals surface area contributed by atoms with E-state index < -0.39 is 24.0 Å². The van der Waals surface area contributed by atoms with Crippen molar-refractivity contribution in [3.05, 3.63) is 65.7 Å². The number of carbonyl (C=O) groups is 2. The molecule has 0 radical (unpaired) electrons. The predicted molar refractivity (Wildman–Crippen MR) is 134 cm³/mol. The van der Waals surface area contributed by atoms with E-state index in [-0.39, 0.29) is 0 Å². The topological polar surface area (TPSA) is 104 Å². The SMILES string of the molecule is CC(C)SCC[C@@H](N)C(O)C(=O)NNC(=O)c1cccc(SCCCc2ccccc2)c1. The summed E-state index contributed by atoms with van der Waals surface area (Å²) in [6.45, 7) is 4.15. The van der Waals surface area contributed by atoms with Gasteiger partial charge >= 0.3 is 0 Å². The number of hydrogen-bond donors (Lipinski definition) is 4. The fraction of sp³-hybridized carbons (Fsp3) is 0.417. The van der Waals surface area contributed by atoms with Gasteiger partial charge < -0.3 is 10.8 Å². The Balaban J connectivity index is 1.74. The van der Waals surface area contributed by atoms with Crippen molar-refractivity contribution in [2.24, 2.45) is 5.73 Å². The fourth-order valence-electron chi connectivity index (χ4n) is 2.89. The number of thioether (sulfide) groups is 2. The van der Waals surface area contributed by atoms with Crippen LogP contribution in [0.15, 0.2) is 59.5 Å². The van der Waals surface area contributed by atoms with Crippen LogP contribution in [-0.2, 0) is 11.2 Å². The lowest BCUT2D eigenvalue weighted by Gasteiger charge is -2.19. The van der Waals surface area contributed by atoms with E-state index in [9.17, 15) is 14.7 Å². The molecule has 32 heavy (non-hydrogen) atoms. The highest BCUT2D eigenvalue weighted by molar-refractivity contribution is 7.99. The summed E-state index contributed by atoms with van der Waals surface area (Å²) in [7, 11) is 0. The summed E-state index contributed by atoms with van der Waals surface area (Å²) in [6.07, 6.45) is 1.18. The van der Waals surface area contributed by atoms with E-state index in [4.69, 9.17) is 5.73 Å². The molecule has 174 valence electrons. The van der Waals surface area contributed by atoms with Gasteiger partial charge in [-0.3, -0.25) is 20.4 Å². The van der Waals surface area contributed by atoms with Crippen LogP contribution < -0.4 is 16.6 Å². The summed E-state index contributed by atoms with van der Waals surface area (Å²) in [6, 6.07) is 16.9. The van der Waals surface area contributed by atoms with Gasteiger partial charge in [0.2, 0.25) is 0 Å². The van der Waals surface area contributed by atoms with Crippen LogP contribution in [0, 0.1) is 0 Å². The maximum Gasteiger partial charge on any atom is 0.269 e. The third kappa shape index (κ3) is 9.65. The first-order chi connectivity index (χ1) is 15.4. The molecular weight excluding hydrogens is 442 g/mol. The maximum atomic E-state index is 12.4. The zero-order valence-corrected chi connectivity index (χ0v) is 20.3. The average molecular weight is 476 g/mol. The lowest BCUT2D eigenvalue weighted by atomic mass is 10.1. The van der Waals surface area contributed by atoms with Crippen molar-refractivity contribution < 1.29 is 14.7 Å². The molecule has 2 aromatic carbocycles. The molecule has 0 aromatic heterocycles. The van der Waals surface area contributed by atoms with Crippen molar-refractivity contribution in [1.82, 2.24) is 10.9 Å². The molecule has 1 unspecified atom stereocenters. The molecule has 0 saturated carbocycles. The highest BCUT2D eigenvalue weighted by Gasteiger charge is 2.23. The van der Waals surface area contributed by atoms with Gasteiger partial charge in [-0.2, -0.15) is 11.8 Å². The summed E-state index contributed by atoms with van der Waals surface area (Å²) < 4.78 is 0. The van der Waals surface area contributed by atoms with Gasteiger partial charge in [0.05, 0.1) is 0 Å². The standard InChI is InChI=1S/C24H33N3O3S2/c1-17(2)31-15-13-21(25)22(28)24(30)27-26-23(29)19-11-6-12-20(16-19)32-14-7-10-18-8-4-3-5-9-18/h3-6,8-9,11-12,16-17,21-22,28H,7,10,13-15,25H2,1-2H3,(H,26,29)(H,27,30)/t21-,22?/m1/s1. The average Bonchev–Trinajstić information content (AvgIpc) is 2.80. The van der Waals surface area contributed by atoms with Gasteiger partial charge in [0.15, 0.2) is 0 Å². The zero-order valence-electron chi connectivity index (χ0n) is 18.6. The van der Waals surface area contributed by atoms with Crippen LogP contribution in [0.5, 0.6) is 0 Å². The molecule has 2 rings (SSSR count). The second kappa shape index (κ2) is 14.2.